The minimum Gasteiger partial charge on any atom is -0.493 e. The molecule has 3 rings (SSSR count). The monoisotopic (exact) mass is 394 g/mol. The maximum Gasteiger partial charge on any atom is 0.244 e. The second-order valence-electron chi connectivity index (χ2n) is 5.85. The van der Waals surface area contributed by atoms with Crippen LogP contribution in [0.5, 0.6) is 11.5 Å². The molecule has 0 aromatic heterocycles. The topological polar surface area (TPSA) is 84.9 Å². The van der Waals surface area contributed by atoms with Gasteiger partial charge in [0.2, 0.25) is 15.9 Å². The van der Waals surface area contributed by atoms with Crippen molar-refractivity contribution < 1.29 is 27.1 Å². The van der Waals surface area contributed by atoms with E-state index in [9.17, 15) is 17.6 Å². The summed E-state index contributed by atoms with van der Waals surface area (Å²) in [4.78, 5) is 12.4. The van der Waals surface area contributed by atoms with Gasteiger partial charge in [0.25, 0.3) is 0 Å². The Morgan fingerprint density at radius 3 is 2.48 bits per heavy atom. The van der Waals surface area contributed by atoms with Crippen LogP contribution in [0.3, 0.4) is 0 Å². The molecule has 1 saturated heterocycles. The number of carbonyl (C=O) groups excluding carboxylic acids is 1. The van der Waals surface area contributed by atoms with E-state index in [4.69, 9.17) is 9.47 Å². The zero-order valence-electron chi connectivity index (χ0n) is 14.8. The highest BCUT2D eigenvalue weighted by atomic mass is 32.2. The normalized spacial score (nSPS) is 18.0. The van der Waals surface area contributed by atoms with Gasteiger partial charge in [0.1, 0.15) is 11.9 Å². The number of benzene rings is 2. The van der Waals surface area contributed by atoms with Crippen LogP contribution in [0.1, 0.15) is 11.6 Å². The summed E-state index contributed by atoms with van der Waals surface area (Å²) in [6.07, 6.45) is 0. The number of halogens is 1. The molecule has 1 fully saturated rings. The van der Waals surface area contributed by atoms with Crippen molar-refractivity contribution in [3.05, 3.63) is 53.8 Å². The molecule has 1 atom stereocenters. The van der Waals surface area contributed by atoms with Crippen LogP contribution >= 0.6 is 0 Å². The van der Waals surface area contributed by atoms with E-state index in [0.29, 0.717) is 5.75 Å². The zero-order valence-corrected chi connectivity index (χ0v) is 15.6. The third kappa shape index (κ3) is 3.47. The van der Waals surface area contributed by atoms with Crippen LogP contribution in [0, 0.1) is 5.82 Å². The molecule has 9 heteroatoms. The summed E-state index contributed by atoms with van der Waals surface area (Å²) in [6.45, 7) is 0.151. The number of nitrogens with zero attached hydrogens (tertiary/aromatic N) is 1. The van der Waals surface area contributed by atoms with Crippen molar-refractivity contribution in [2.45, 2.75) is 10.9 Å². The van der Waals surface area contributed by atoms with Crippen LogP contribution in [-0.2, 0) is 14.8 Å². The van der Waals surface area contributed by atoms with E-state index in [0.717, 1.165) is 4.31 Å². The first-order valence-electron chi connectivity index (χ1n) is 8.16. The molecule has 1 aliphatic rings. The van der Waals surface area contributed by atoms with Crippen LogP contribution in [-0.4, -0.2) is 45.9 Å². The number of hydrogen-bond donors (Lipinski definition) is 1. The molecule has 0 aliphatic carbocycles. The van der Waals surface area contributed by atoms with E-state index < -0.39 is 27.8 Å². The number of piperazine rings is 1. The van der Waals surface area contributed by atoms with Gasteiger partial charge < -0.3 is 14.8 Å². The summed E-state index contributed by atoms with van der Waals surface area (Å²) in [7, 11) is -1.26. The van der Waals surface area contributed by atoms with E-state index in [-0.39, 0.29) is 29.3 Å². The lowest BCUT2D eigenvalue weighted by Gasteiger charge is -2.34. The molecule has 27 heavy (non-hydrogen) atoms. The van der Waals surface area contributed by atoms with Crippen LogP contribution in [0.2, 0.25) is 0 Å². The lowest BCUT2D eigenvalue weighted by Crippen LogP contribution is -2.52. The van der Waals surface area contributed by atoms with Gasteiger partial charge in [-0.05, 0) is 18.2 Å². The number of methoxy groups -OCH3 is 2. The fourth-order valence-electron chi connectivity index (χ4n) is 3.01. The standard InChI is InChI=1S/C18H19FN2O5S/c1-25-15-8-7-12(11-16(15)26-2)27(23,24)21-10-9-20-18(22)17(21)13-5-3-4-6-14(13)19/h3-8,11,17H,9-10H2,1-2H3,(H,20,22). The Hall–Kier alpha value is -2.65. The van der Waals surface area contributed by atoms with Gasteiger partial charge in [-0.3, -0.25) is 4.79 Å². The van der Waals surface area contributed by atoms with Crippen LogP contribution in [0.4, 0.5) is 4.39 Å². The van der Waals surface area contributed by atoms with Crippen molar-refractivity contribution >= 4 is 15.9 Å². The summed E-state index contributed by atoms with van der Waals surface area (Å²) in [6, 6.07) is 8.49. The molecule has 1 heterocycles. The number of nitrogens with one attached hydrogen (secondary N) is 1. The fraction of sp³-hybridized carbons (Fsp3) is 0.278. The smallest absolute Gasteiger partial charge is 0.244 e. The molecule has 0 radical (unpaired) electrons. The Morgan fingerprint density at radius 2 is 1.81 bits per heavy atom. The van der Waals surface area contributed by atoms with Crippen molar-refractivity contribution in [3.63, 3.8) is 0 Å². The molecular weight excluding hydrogens is 375 g/mol. The average molecular weight is 394 g/mol. The van der Waals surface area contributed by atoms with E-state index in [1.807, 2.05) is 0 Å². The lowest BCUT2D eigenvalue weighted by atomic mass is 10.0. The van der Waals surface area contributed by atoms with Crippen molar-refractivity contribution in [2.24, 2.45) is 0 Å². The third-order valence-electron chi connectivity index (χ3n) is 4.33. The predicted octanol–water partition coefficient (Wildman–Crippen LogP) is 1.70. The predicted molar refractivity (Wildman–Crippen MR) is 95.6 cm³/mol. The lowest BCUT2D eigenvalue weighted by molar-refractivity contribution is -0.127. The van der Waals surface area contributed by atoms with Gasteiger partial charge >= 0.3 is 0 Å². The van der Waals surface area contributed by atoms with Crippen LogP contribution < -0.4 is 14.8 Å². The van der Waals surface area contributed by atoms with Gasteiger partial charge in [0, 0.05) is 24.7 Å². The average Bonchev–Trinajstić information content (AvgIpc) is 2.68. The maximum absolute atomic E-state index is 14.3. The first-order valence-corrected chi connectivity index (χ1v) is 9.60. The first-order chi connectivity index (χ1) is 12.9. The van der Waals surface area contributed by atoms with Gasteiger partial charge in [-0.2, -0.15) is 4.31 Å². The van der Waals surface area contributed by atoms with E-state index in [2.05, 4.69) is 5.32 Å². The largest absolute Gasteiger partial charge is 0.493 e. The van der Waals surface area contributed by atoms with Crippen molar-refractivity contribution in [1.29, 1.82) is 0 Å². The quantitative estimate of drug-likeness (QED) is 0.835. The van der Waals surface area contributed by atoms with Crippen LogP contribution in [0.15, 0.2) is 47.4 Å². The molecule has 1 aliphatic heterocycles. The van der Waals surface area contributed by atoms with Gasteiger partial charge in [-0.25, -0.2) is 12.8 Å². The number of ether oxygens (including phenoxy) is 2. The number of amides is 1. The number of hydrogen-bond acceptors (Lipinski definition) is 5. The maximum atomic E-state index is 14.3. The van der Waals surface area contributed by atoms with Crippen LogP contribution in [0.25, 0.3) is 0 Å². The molecule has 1 amide bonds. The fourth-order valence-corrected chi connectivity index (χ4v) is 4.60. The second kappa shape index (κ2) is 7.53. The molecule has 2 aromatic carbocycles. The zero-order chi connectivity index (χ0) is 19.6. The van der Waals surface area contributed by atoms with Crippen molar-refractivity contribution in [1.82, 2.24) is 9.62 Å². The van der Waals surface area contributed by atoms with Gasteiger partial charge in [-0.1, -0.05) is 18.2 Å². The van der Waals surface area contributed by atoms with Gasteiger partial charge in [-0.15, -0.1) is 0 Å². The summed E-state index contributed by atoms with van der Waals surface area (Å²) < 4.78 is 52.0. The van der Waals surface area contributed by atoms with Crippen molar-refractivity contribution in [3.8, 4) is 11.5 Å². The summed E-state index contributed by atoms with van der Waals surface area (Å²) in [5.41, 5.74) is -0.00116. The summed E-state index contributed by atoms with van der Waals surface area (Å²) in [5.74, 6) is -0.608. The molecule has 1 N–H and O–H groups in total. The molecular formula is C18H19FN2O5S. The molecule has 2 aromatic rings. The Balaban J connectivity index is 2.08. The van der Waals surface area contributed by atoms with Gasteiger partial charge in [0.05, 0.1) is 19.1 Å². The summed E-state index contributed by atoms with van der Waals surface area (Å²) >= 11 is 0. The Morgan fingerprint density at radius 1 is 1.11 bits per heavy atom. The third-order valence-corrected chi connectivity index (χ3v) is 6.19. The molecule has 7 nitrogen and oxygen atoms in total. The van der Waals surface area contributed by atoms with Gasteiger partial charge in [0.15, 0.2) is 11.5 Å². The van der Waals surface area contributed by atoms with Crippen molar-refractivity contribution in [2.75, 3.05) is 27.3 Å². The molecule has 1 unspecified atom stereocenters. The number of sulfonamides is 1. The molecule has 0 spiro atoms. The SMILES string of the molecule is COc1ccc(S(=O)(=O)N2CCNC(=O)C2c2ccccc2F)cc1OC. The van der Waals surface area contributed by atoms with E-state index >= 15 is 0 Å². The Bertz CT molecular complexity index is 964. The molecule has 0 bridgehead atoms. The summed E-state index contributed by atoms with van der Waals surface area (Å²) in [5, 5.41) is 2.60. The van der Waals surface area contributed by atoms with E-state index in [1.165, 1.54) is 50.6 Å². The molecule has 144 valence electrons. The second-order valence-corrected chi connectivity index (χ2v) is 7.74. The highest BCUT2D eigenvalue weighted by Crippen LogP contribution is 2.34. The van der Waals surface area contributed by atoms with E-state index in [1.54, 1.807) is 6.07 Å². The minimum absolute atomic E-state index is 0.00116. The number of rotatable bonds is 5. The highest BCUT2D eigenvalue weighted by Gasteiger charge is 2.40. The molecule has 0 saturated carbocycles. The Labute approximate surface area is 156 Å². The highest BCUT2D eigenvalue weighted by molar-refractivity contribution is 7.89. The first kappa shape index (κ1) is 19.1. The minimum atomic E-state index is -4.10. The Kier molecular flexibility index (Phi) is 5.33. The number of carbonyl (C=O) groups is 1.